The number of sulfonamides is 1. The third-order valence-corrected chi connectivity index (χ3v) is 6.96. The summed E-state index contributed by atoms with van der Waals surface area (Å²) >= 11 is 0. The molecule has 1 amide bonds. The maximum absolute atomic E-state index is 13.0. The summed E-state index contributed by atoms with van der Waals surface area (Å²) in [5.41, 5.74) is 1.15. The van der Waals surface area contributed by atoms with Crippen LogP contribution in [0.5, 0.6) is 0 Å². The van der Waals surface area contributed by atoms with Crippen molar-refractivity contribution in [3.63, 3.8) is 0 Å². The molecular weight excluding hydrogens is 435 g/mol. The van der Waals surface area contributed by atoms with E-state index in [1.807, 2.05) is 0 Å². The van der Waals surface area contributed by atoms with E-state index in [0.29, 0.717) is 35.8 Å². The van der Waals surface area contributed by atoms with Crippen LogP contribution >= 0.6 is 0 Å². The van der Waals surface area contributed by atoms with Crippen LogP contribution in [0.2, 0.25) is 0 Å². The first-order chi connectivity index (χ1) is 15.2. The van der Waals surface area contributed by atoms with E-state index in [0.717, 1.165) is 0 Å². The van der Waals surface area contributed by atoms with Crippen molar-refractivity contribution >= 4 is 21.6 Å². The Bertz CT molecular complexity index is 1160. The van der Waals surface area contributed by atoms with Crippen LogP contribution in [0.3, 0.4) is 0 Å². The van der Waals surface area contributed by atoms with E-state index < -0.39 is 10.0 Å². The lowest BCUT2D eigenvalue weighted by Gasteiger charge is -2.21. The quantitative estimate of drug-likeness (QED) is 0.520. The molecule has 8 nitrogen and oxygen atoms in total. The van der Waals surface area contributed by atoms with E-state index in [1.165, 1.54) is 35.6 Å². The fourth-order valence-electron chi connectivity index (χ4n) is 2.85. The van der Waals surface area contributed by atoms with Gasteiger partial charge >= 0.3 is 0 Å². The SMILES string of the molecule is CC(C)N(C)S(=O)(=O)c1ccc(NC(=O)CCCc2nc(-c3ccc(F)cc3)no2)cc1. The minimum atomic E-state index is -3.57. The first kappa shape index (κ1) is 23.6. The van der Waals surface area contributed by atoms with Gasteiger partial charge in [0.1, 0.15) is 5.82 Å². The second-order valence-electron chi connectivity index (χ2n) is 7.56. The molecule has 0 radical (unpaired) electrons. The van der Waals surface area contributed by atoms with E-state index >= 15 is 0 Å². The predicted octanol–water partition coefficient (Wildman–Crippen LogP) is 3.87. The Morgan fingerprint density at radius 2 is 1.78 bits per heavy atom. The molecule has 0 saturated carbocycles. The molecule has 3 rings (SSSR count). The van der Waals surface area contributed by atoms with Crippen LogP contribution in [-0.4, -0.2) is 41.9 Å². The summed E-state index contributed by atoms with van der Waals surface area (Å²) in [5, 5.41) is 6.62. The molecule has 170 valence electrons. The standard InChI is InChI=1S/C22H25FN4O4S/c1-15(2)27(3)32(29,30)19-13-11-18(12-14-19)24-20(28)5-4-6-21-25-22(26-31-21)16-7-9-17(23)10-8-16/h7-15H,4-6H2,1-3H3,(H,24,28). The molecule has 2 aromatic carbocycles. The van der Waals surface area contributed by atoms with Crippen LogP contribution in [0.4, 0.5) is 10.1 Å². The van der Waals surface area contributed by atoms with E-state index in [-0.39, 0.29) is 29.1 Å². The number of rotatable bonds is 9. The van der Waals surface area contributed by atoms with Crippen molar-refractivity contribution in [2.75, 3.05) is 12.4 Å². The maximum atomic E-state index is 13.0. The minimum absolute atomic E-state index is 0.162. The second kappa shape index (κ2) is 10.0. The molecule has 1 aromatic heterocycles. The highest BCUT2D eigenvalue weighted by Crippen LogP contribution is 2.20. The zero-order chi connectivity index (χ0) is 23.3. The summed E-state index contributed by atoms with van der Waals surface area (Å²) in [6, 6.07) is 11.7. The number of nitrogens with zero attached hydrogens (tertiary/aromatic N) is 3. The third kappa shape index (κ3) is 5.77. The Balaban J connectivity index is 1.50. The zero-order valence-corrected chi connectivity index (χ0v) is 18.9. The first-order valence-electron chi connectivity index (χ1n) is 10.1. The third-order valence-electron chi connectivity index (χ3n) is 4.91. The number of aromatic nitrogens is 2. The average molecular weight is 461 g/mol. The van der Waals surface area contributed by atoms with Crippen LogP contribution in [0.15, 0.2) is 57.9 Å². The lowest BCUT2D eigenvalue weighted by Crippen LogP contribution is -2.33. The van der Waals surface area contributed by atoms with Gasteiger partial charge < -0.3 is 9.84 Å². The largest absolute Gasteiger partial charge is 0.339 e. The molecule has 0 aliphatic carbocycles. The Morgan fingerprint density at radius 1 is 1.12 bits per heavy atom. The number of nitrogens with one attached hydrogen (secondary N) is 1. The Kier molecular flexibility index (Phi) is 7.37. The van der Waals surface area contributed by atoms with Gasteiger partial charge in [0.25, 0.3) is 0 Å². The van der Waals surface area contributed by atoms with E-state index in [9.17, 15) is 17.6 Å². The molecule has 1 heterocycles. The van der Waals surface area contributed by atoms with Gasteiger partial charge in [-0.1, -0.05) is 5.16 Å². The Morgan fingerprint density at radius 3 is 2.41 bits per heavy atom. The summed E-state index contributed by atoms with van der Waals surface area (Å²) in [6.45, 7) is 3.59. The molecule has 10 heteroatoms. The van der Waals surface area contributed by atoms with Gasteiger partial charge in [0, 0.05) is 37.2 Å². The Hall–Kier alpha value is -3.11. The van der Waals surface area contributed by atoms with Gasteiger partial charge in [-0.3, -0.25) is 4.79 Å². The fourth-order valence-corrected chi connectivity index (χ4v) is 4.22. The van der Waals surface area contributed by atoms with Crippen LogP contribution in [-0.2, 0) is 21.2 Å². The highest BCUT2D eigenvalue weighted by Gasteiger charge is 2.22. The van der Waals surface area contributed by atoms with E-state index in [4.69, 9.17) is 4.52 Å². The molecule has 32 heavy (non-hydrogen) atoms. The van der Waals surface area contributed by atoms with Gasteiger partial charge in [-0.2, -0.15) is 9.29 Å². The number of amides is 1. The van der Waals surface area contributed by atoms with Crippen molar-refractivity contribution in [3.05, 3.63) is 60.2 Å². The van der Waals surface area contributed by atoms with Crippen molar-refractivity contribution in [1.82, 2.24) is 14.4 Å². The van der Waals surface area contributed by atoms with Crippen LogP contribution in [0.25, 0.3) is 11.4 Å². The van der Waals surface area contributed by atoms with Crippen molar-refractivity contribution < 1.29 is 22.1 Å². The number of halogens is 1. The number of carbonyl (C=O) groups excluding carboxylic acids is 1. The lowest BCUT2D eigenvalue weighted by molar-refractivity contribution is -0.116. The Labute approximate surface area is 186 Å². The van der Waals surface area contributed by atoms with Crippen molar-refractivity contribution in [1.29, 1.82) is 0 Å². The number of benzene rings is 2. The molecule has 0 saturated heterocycles. The molecule has 0 atom stereocenters. The fraction of sp³-hybridized carbons (Fsp3) is 0.318. The van der Waals surface area contributed by atoms with E-state index in [2.05, 4.69) is 15.5 Å². The van der Waals surface area contributed by atoms with Crippen LogP contribution in [0.1, 0.15) is 32.6 Å². The molecule has 0 aliphatic rings. The minimum Gasteiger partial charge on any atom is -0.339 e. The number of hydrogen-bond donors (Lipinski definition) is 1. The summed E-state index contributed by atoms with van der Waals surface area (Å²) in [5.74, 6) is 0.199. The number of aryl methyl sites for hydroxylation is 1. The predicted molar refractivity (Wildman–Crippen MR) is 118 cm³/mol. The molecule has 3 aromatic rings. The first-order valence-corrected chi connectivity index (χ1v) is 11.6. The van der Waals surface area contributed by atoms with Gasteiger partial charge in [0.05, 0.1) is 4.90 Å². The highest BCUT2D eigenvalue weighted by molar-refractivity contribution is 7.89. The van der Waals surface area contributed by atoms with Gasteiger partial charge in [0.15, 0.2) is 0 Å². The molecule has 0 aliphatic heterocycles. The van der Waals surface area contributed by atoms with Crippen molar-refractivity contribution in [3.8, 4) is 11.4 Å². The van der Waals surface area contributed by atoms with Crippen LogP contribution < -0.4 is 5.32 Å². The van der Waals surface area contributed by atoms with Gasteiger partial charge in [-0.05, 0) is 68.8 Å². The molecule has 0 spiro atoms. The number of anilines is 1. The molecule has 1 N–H and O–H groups in total. The number of carbonyl (C=O) groups is 1. The second-order valence-corrected chi connectivity index (χ2v) is 9.56. The van der Waals surface area contributed by atoms with Gasteiger partial charge in [-0.15, -0.1) is 0 Å². The summed E-state index contributed by atoms with van der Waals surface area (Å²) < 4.78 is 44.5. The van der Waals surface area contributed by atoms with Gasteiger partial charge in [-0.25, -0.2) is 12.8 Å². The van der Waals surface area contributed by atoms with Crippen molar-refractivity contribution in [2.45, 2.75) is 44.0 Å². The smallest absolute Gasteiger partial charge is 0.243 e. The topological polar surface area (TPSA) is 105 Å². The van der Waals surface area contributed by atoms with E-state index in [1.54, 1.807) is 38.1 Å². The summed E-state index contributed by atoms with van der Waals surface area (Å²) in [6.07, 6.45) is 1.13. The monoisotopic (exact) mass is 460 g/mol. The average Bonchev–Trinajstić information content (AvgIpc) is 3.23. The van der Waals surface area contributed by atoms with Gasteiger partial charge in [0.2, 0.25) is 27.6 Å². The molecule has 0 bridgehead atoms. The lowest BCUT2D eigenvalue weighted by atomic mass is 10.2. The van der Waals surface area contributed by atoms with Crippen molar-refractivity contribution in [2.24, 2.45) is 0 Å². The zero-order valence-electron chi connectivity index (χ0n) is 18.1. The summed E-state index contributed by atoms with van der Waals surface area (Å²) in [4.78, 5) is 16.6. The molecular formula is C22H25FN4O4S. The molecule has 0 unspecified atom stereocenters. The normalized spacial score (nSPS) is 11.8. The summed E-state index contributed by atoms with van der Waals surface area (Å²) in [7, 11) is -2.04. The maximum Gasteiger partial charge on any atom is 0.243 e. The highest BCUT2D eigenvalue weighted by atomic mass is 32.2. The number of hydrogen-bond acceptors (Lipinski definition) is 6. The molecule has 0 fully saturated rings. The van der Waals surface area contributed by atoms with Crippen LogP contribution in [0, 0.1) is 5.82 Å².